The molecule has 1 aliphatic heterocycles. The van der Waals surface area contributed by atoms with Crippen molar-refractivity contribution in [1.29, 1.82) is 0 Å². The molecular formula is C20H22FN5O. The van der Waals surface area contributed by atoms with Gasteiger partial charge < -0.3 is 16.5 Å². The van der Waals surface area contributed by atoms with Crippen LogP contribution in [0, 0.1) is 5.82 Å². The Labute approximate surface area is 157 Å². The predicted octanol–water partition coefficient (Wildman–Crippen LogP) is 1.62. The highest BCUT2D eigenvalue weighted by atomic mass is 19.1. The summed E-state index contributed by atoms with van der Waals surface area (Å²) in [6.45, 7) is 0.757. The number of nitrogens with one attached hydrogen (secondary N) is 1. The summed E-state index contributed by atoms with van der Waals surface area (Å²) in [5, 5.41) is 1.86. The van der Waals surface area contributed by atoms with Gasteiger partial charge in [0.2, 0.25) is 5.91 Å². The van der Waals surface area contributed by atoms with E-state index in [-0.39, 0.29) is 12.4 Å². The summed E-state index contributed by atoms with van der Waals surface area (Å²) in [5.41, 5.74) is 19.6. The number of hydrogen-bond acceptors (Lipinski definition) is 5. The molecule has 5 N–H and O–H groups in total. The molecule has 1 aliphatic rings. The Balaban J connectivity index is 2.19. The first-order valence-corrected chi connectivity index (χ1v) is 8.53. The van der Waals surface area contributed by atoms with Crippen molar-refractivity contribution < 1.29 is 9.18 Å². The summed E-state index contributed by atoms with van der Waals surface area (Å²) in [6.07, 6.45) is 0. The maximum Gasteiger partial charge on any atom is 0.249 e. The van der Waals surface area contributed by atoms with Crippen LogP contribution in [0.4, 0.5) is 4.39 Å². The van der Waals surface area contributed by atoms with Gasteiger partial charge in [-0.15, -0.1) is 0 Å². The van der Waals surface area contributed by atoms with Crippen LogP contribution < -0.4 is 16.9 Å². The number of nitrogens with zero attached hydrogens (tertiary/aromatic N) is 2. The molecular weight excluding hydrogens is 345 g/mol. The fraction of sp³-hybridized carbons (Fsp3) is 0.200. The second-order valence-electron chi connectivity index (χ2n) is 6.23. The number of primary amides is 1. The van der Waals surface area contributed by atoms with Gasteiger partial charge in [-0.1, -0.05) is 18.2 Å². The third kappa shape index (κ3) is 3.60. The molecule has 0 aliphatic carbocycles. The highest BCUT2D eigenvalue weighted by Gasteiger charge is 2.23. The predicted molar refractivity (Wildman–Crippen MR) is 105 cm³/mol. The number of hydrazine groups is 1. The molecule has 0 spiro atoms. The number of rotatable bonds is 5. The first-order chi connectivity index (χ1) is 13.0. The summed E-state index contributed by atoms with van der Waals surface area (Å²) < 4.78 is 13.7. The average Bonchev–Trinajstić information content (AvgIpc) is 3.04. The SMILES string of the molecule is C/N=C(/CN)c1cc(C2=C(c3cccc(F)c3)N(C)NC2)ccc1C(N)=O. The molecule has 1 heterocycles. The maximum absolute atomic E-state index is 13.7. The molecule has 0 aromatic heterocycles. The lowest BCUT2D eigenvalue weighted by atomic mass is 9.94. The van der Waals surface area contributed by atoms with Gasteiger partial charge in [0.1, 0.15) is 5.82 Å². The van der Waals surface area contributed by atoms with Crippen LogP contribution in [0.2, 0.25) is 0 Å². The average molecular weight is 367 g/mol. The molecule has 0 fully saturated rings. The molecule has 7 heteroatoms. The highest BCUT2D eigenvalue weighted by molar-refractivity contribution is 6.11. The molecule has 2 aromatic rings. The van der Waals surface area contributed by atoms with Crippen molar-refractivity contribution >= 4 is 22.9 Å². The minimum absolute atomic E-state index is 0.189. The second-order valence-corrected chi connectivity index (χ2v) is 6.23. The monoisotopic (exact) mass is 367 g/mol. The molecule has 0 radical (unpaired) electrons. The Kier molecular flexibility index (Phi) is 5.34. The zero-order valence-corrected chi connectivity index (χ0v) is 15.3. The van der Waals surface area contributed by atoms with Gasteiger partial charge in [-0.25, -0.2) is 9.82 Å². The fourth-order valence-electron chi connectivity index (χ4n) is 3.31. The van der Waals surface area contributed by atoms with Crippen molar-refractivity contribution in [2.75, 3.05) is 27.2 Å². The summed E-state index contributed by atoms with van der Waals surface area (Å²) in [5.74, 6) is -0.833. The van der Waals surface area contributed by atoms with Gasteiger partial charge in [-0.2, -0.15) is 0 Å². The quantitative estimate of drug-likeness (QED) is 0.700. The van der Waals surface area contributed by atoms with Crippen LogP contribution in [0.1, 0.15) is 27.0 Å². The van der Waals surface area contributed by atoms with Crippen LogP contribution in [0.25, 0.3) is 11.3 Å². The molecule has 6 nitrogen and oxygen atoms in total. The largest absolute Gasteiger partial charge is 0.366 e. The van der Waals surface area contributed by atoms with Crippen LogP contribution in [-0.2, 0) is 0 Å². The molecule has 0 atom stereocenters. The van der Waals surface area contributed by atoms with Crippen LogP contribution in [0.5, 0.6) is 0 Å². The number of aliphatic imine (C=N–C) groups is 1. The van der Waals surface area contributed by atoms with E-state index in [2.05, 4.69) is 10.4 Å². The Bertz CT molecular complexity index is 951. The van der Waals surface area contributed by atoms with Gasteiger partial charge in [-0.3, -0.25) is 9.79 Å². The van der Waals surface area contributed by atoms with Crippen molar-refractivity contribution in [2.24, 2.45) is 16.5 Å². The summed E-state index contributed by atoms with van der Waals surface area (Å²) in [6, 6.07) is 11.8. The Morgan fingerprint density at radius 1 is 1.22 bits per heavy atom. The van der Waals surface area contributed by atoms with E-state index in [1.165, 1.54) is 12.1 Å². The van der Waals surface area contributed by atoms with Gasteiger partial charge in [0.05, 0.1) is 11.4 Å². The van der Waals surface area contributed by atoms with E-state index >= 15 is 0 Å². The zero-order chi connectivity index (χ0) is 19.6. The highest BCUT2D eigenvalue weighted by Crippen LogP contribution is 2.32. The van der Waals surface area contributed by atoms with E-state index in [9.17, 15) is 9.18 Å². The smallest absolute Gasteiger partial charge is 0.249 e. The molecule has 2 aromatic carbocycles. The van der Waals surface area contributed by atoms with Crippen molar-refractivity contribution in [1.82, 2.24) is 10.4 Å². The lowest BCUT2D eigenvalue weighted by molar-refractivity contribution is 0.1000. The van der Waals surface area contributed by atoms with E-state index < -0.39 is 5.91 Å². The van der Waals surface area contributed by atoms with Crippen LogP contribution >= 0.6 is 0 Å². The minimum atomic E-state index is -0.535. The van der Waals surface area contributed by atoms with Crippen LogP contribution in [0.3, 0.4) is 0 Å². The Morgan fingerprint density at radius 2 is 2.00 bits per heavy atom. The standard InChI is InChI=1S/C20H22FN5O/c1-24-18(10-22)16-9-12(6-7-15(16)20(23)27)17-11-25-26(2)19(17)13-4-3-5-14(21)8-13/h3-9,25H,10-11,22H2,1-2H3,(H2,23,27)/b24-18-. The maximum atomic E-state index is 13.7. The molecule has 0 saturated heterocycles. The van der Waals surface area contributed by atoms with Crippen molar-refractivity contribution in [3.63, 3.8) is 0 Å². The summed E-state index contributed by atoms with van der Waals surface area (Å²) in [4.78, 5) is 16.0. The topological polar surface area (TPSA) is 96.7 Å². The number of carbonyl (C=O) groups excluding carboxylic acids is 1. The molecule has 1 amide bonds. The molecule has 0 bridgehead atoms. The van der Waals surface area contributed by atoms with Crippen molar-refractivity contribution in [3.8, 4) is 0 Å². The number of halogens is 1. The number of benzene rings is 2. The number of amides is 1. The molecule has 140 valence electrons. The fourth-order valence-corrected chi connectivity index (χ4v) is 3.31. The van der Waals surface area contributed by atoms with Gasteiger partial charge >= 0.3 is 0 Å². The van der Waals surface area contributed by atoms with E-state index in [1.54, 1.807) is 19.2 Å². The van der Waals surface area contributed by atoms with Gasteiger partial charge in [0, 0.05) is 49.4 Å². The Morgan fingerprint density at radius 3 is 2.63 bits per heavy atom. The third-order valence-electron chi connectivity index (χ3n) is 4.62. The van der Waals surface area contributed by atoms with E-state index in [4.69, 9.17) is 11.5 Å². The van der Waals surface area contributed by atoms with Crippen molar-refractivity contribution in [2.45, 2.75) is 0 Å². The Hall–Kier alpha value is -3.03. The van der Waals surface area contributed by atoms with Crippen LogP contribution in [0.15, 0.2) is 47.5 Å². The number of hydrogen-bond donors (Lipinski definition) is 3. The minimum Gasteiger partial charge on any atom is -0.366 e. The first-order valence-electron chi connectivity index (χ1n) is 8.53. The summed E-state index contributed by atoms with van der Waals surface area (Å²) in [7, 11) is 3.51. The lowest BCUT2D eigenvalue weighted by Gasteiger charge is -2.17. The van der Waals surface area contributed by atoms with Crippen molar-refractivity contribution in [3.05, 3.63) is 70.5 Å². The third-order valence-corrected chi connectivity index (χ3v) is 4.62. The summed E-state index contributed by atoms with van der Waals surface area (Å²) >= 11 is 0. The van der Waals surface area contributed by atoms with E-state index in [0.29, 0.717) is 23.4 Å². The molecule has 0 unspecified atom stereocenters. The molecule has 0 saturated carbocycles. The first kappa shape index (κ1) is 18.8. The van der Waals surface area contributed by atoms with Gasteiger partial charge in [0.25, 0.3) is 0 Å². The normalized spacial score (nSPS) is 14.8. The lowest BCUT2D eigenvalue weighted by Crippen LogP contribution is -2.26. The van der Waals surface area contributed by atoms with E-state index in [0.717, 1.165) is 22.4 Å². The number of nitrogens with two attached hydrogens (primary N) is 2. The second kappa shape index (κ2) is 7.69. The van der Waals surface area contributed by atoms with Gasteiger partial charge in [-0.05, 0) is 29.8 Å². The zero-order valence-electron chi connectivity index (χ0n) is 15.3. The number of carbonyl (C=O) groups is 1. The van der Waals surface area contributed by atoms with Gasteiger partial charge in [0.15, 0.2) is 0 Å². The van der Waals surface area contributed by atoms with Crippen LogP contribution in [-0.4, -0.2) is 43.8 Å². The molecule has 27 heavy (non-hydrogen) atoms. The van der Waals surface area contributed by atoms with E-state index in [1.807, 2.05) is 30.3 Å². The molecule has 3 rings (SSSR count).